The van der Waals surface area contributed by atoms with Crippen molar-refractivity contribution in [3.63, 3.8) is 0 Å². The summed E-state index contributed by atoms with van der Waals surface area (Å²) >= 11 is 0. The molecule has 7 heteroatoms. The molecule has 20 heavy (non-hydrogen) atoms. The van der Waals surface area contributed by atoms with Crippen LogP contribution in [0.3, 0.4) is 0 Å². The van der Waals surface area contributed by atoms with Gasteiger partial charge in [-0.2, -0.15) is 0 Å². The van der Waals surface area contributed by atoms with E-state index in [1.54, 1.807) is 0 Å². The van der Waals surface area contributed by atoms with Crippen molar-refractivity contribution in [1.82, 2.24) is 15.5 Å². The number of carbonyl (C=O) groups is 2. The van der Waals surface area contributed by atoms with Gasteiger partial charge in [0.05, 0.1) is 25.9 Å². The fourth-order valence-electron chi connectivity index (χ4n) is 2.15. The predicted molar refractivity (Wildman–Crippen MR) is 74.2 cm³/mol. The van der Waals surface area contributed by atoms with Gasteiger partial charge in [0.2, 0.25) is 11.8 Å². The Balaban J connectivity index is 2.07. The zero-order valence-corrected chi connectivity index (χ0v) is 12.1. The van der Waals surface area contributed by atoms with Crippen LogP contribution in [-0.2, 0) is 14.3 Å². The normalized spacial score (nSPS) is 16.9. The van der Waals surface area contributed by atoms with Gasteiger partial charge in [0.1, 0.15) is 0 Å². The van der Waals surface area contributed by atoms with Gasteiger partial charge in [-0.3, -0.25) is 14.5 Å². The van der Waals surface area contributed by atoms with Crippen LogP contribution in [-0.4, -0.2) is 73.9 Å². The number of hydrogen-bond acceptors (Lipinski definition) is 5. The van der Waals surface area contributed by atoms with Gasteiger partial charge in [-0.1, -0.05) is 0 Å². The van der Waals surface area contributed by atoms with E-state index < -0.39 is 0 Å². The monoisotopic (exact) mass is 287 g/mol. The summed E-state index contributed by atoms with van der Waals surface area (Å²) in [6.45, 7) is 4.83. The van der Waals surface area contributed by atoms with E-state index in [0.717, 1.165) is 25.9 Å². The second-order valence-corrected chi connectivity index (χ2v) is 4.90. The maximum absolute atomic E-state index is 11.7. The predicted octanol–water partition coefficient (Wildman–Crippen LogP) is -1.29. The Morgan fingerprint density at radius 3 is 2.50 bits per heavy atom. The van der Waals surface area contributed by atoms with E-state index in [2.05, 4.69) is 15.5 Å². The van der Waals surface area contributed by atoms with Crippen molar-refractivity contribution in [2.24, 2.45) is 0 Å². The Hall–Kier alpha value is -1.18. The molecule has 116 valence electrons. The molecule has 0 aromatic rings. The fraction of sp³-hybridized carbons (Fsp3) is 0.846. The topological polar surface area (TPSA) is 90.9 Å². The Bertz CT molecular complexity index is 304. The van der Waals surface area contributed by atoms with Crippen LogP contribution >= 0.6 is 0 Å². The summed E-state index contributed by atoms with van der Waals surface area (Å²) in [5.74, 6) is -0.116. The Labute approximate surface area is 119 Å². The molecule has 0 unspecified atom stereocenters. The van der Waals surface area contributed by atoms with Crippen LogP contribution in [0.1, 0.15) is 19.8 Å². The average molecular weight is 287 g/mol. The lowest BCUT2D eigenvalue weighted by Crippen LogP contribution is -2.44. The van der Waals surface area contributed by atoms with Crippen molar-refractivity contribution < 1.29 is 19.4 Å². The van der Waals surface area contributed by atoms with E-state index in [-0.39, 0.29) is 24.5 Å². The summed E-state index contributed by atoms with van der Waals surface area (Å²) in [6.07, 6.45) is 1.97. The van der Waals surface area contributed by atoms with E-state index in [1.807, 2.05) is 0 Å². The lowest BCUT2D eigenvalue weighted by molar-refractivity contribution is -0.123. The molecule has 1 aliphatic heterocycles. The van der Waals surface area contributed by atoms with Crippen molar-refractivity contribution in [3.05, 3.63) is 0 Å². The molecular weight excluding hydrogens is 262 g/mol. The van der Waals surface area contributed by atoms with Crippen molar-refractivity contribution in [2.75, 3.05) is 45.9 Å². The van der Waals surface area contributed by atoms with Gasteiger partial charge in [-0.05, 0) is 12.8 Å². The van der Waals surface area contributed by atoms with Crippen LogP contribution in [0.4, 0.5) is 0 Å². The zero-order valence-electron chi connectivity index (χ0n) is 12.1. The first-order valence-electron chi connectivity index (χ1n) is 7.07. The summed E-state index contributed by atoms with van der Waals surface area (Å²) in [6, 6.07) is 0. The molecule has 2 amide bonds. The third kappa shape index (κ3) is 7.42. The molecule has 1 rings (SSSR count). The third-order valence-corrected chi connectivity index (χ3v) is 3.17. The number of likely N-dealkylation sites (tertiary alicyclic amines) is 1. The summed E-state index contributed by atoms with van der Waals surface area (Å²) in [5.41, 5.74) is 0. The van der Waals surface area contributed by atoms with Crippen molar-refractivity contribution in [2.45, 2.75) is 25.9 Å². The molecule has 0 bridgehead atoms. The molecule has 3 N–H and O–H groups in total. The number of ether oxygens (including phenoxy) is 1. The second-order valence-electron chi connectivity index (χ2n) is 4.90. The molecule has 1 aliphatic rings. The molecule has 0 saturated carbocycles. The lowest BCUT2D eigenvalue weighted by atomic mass is 10.1. The van der Waals surface area contributed by atoms with E-state index in [4.69, 9.17) is 9.84 Å². The molecule has 0 atom stereocenters. The third-order valence-electron chi connectivity index (χ3n) is 3.17. The first kappa shape index (κ1) is 16.9. The number of hydrogen-bond donors (Lipinski definition) is 3. The summed E-state index contributed by atoms with van der Waals surface area (Å²) in [4.78, 5) is 24.4. The molecule has 1 heterocycles. The number of aliphatic hydroxyl groups excluding tert-OH is 1. The number of rotatable bonds is 8. The number of aliphatic hydroxyl groups is 1. The summed E-state index contributed by atoms with van der Waals surface area (Å²) in [7, 11) is 0. The smallest absolute Gasteiger partial charge is 0.234 e. The van der Waals surface area contributed by atoms with E-state index in [0.29, 0.717) is 26.2 Å². The molecule has 0 aromatic carbocycles. The van der Waals surface area contributed by atoms with Crippen LogP contribution in [0.5, 0.6) is 0 Å². The number of nitrogens with zero attached hydrogens (tertiary/aromatic N) is 1. The van der Waals surface area contributed by atoms with E-state index in [1.165, 1.54) is 6.92 Å². The van der Waals surface area contributed by atoms with Gasteiger partial charge in [-0.15, -0.1) is 0 Å². The van der Waals surface area contributed by atoms with Crippen LogP contribution < -0.4 is 10.6 Å². The van der Waals surface area contributed by atoms with Crippen LogP contribution in [0.2, 0.25) is 0 Å². The van der Waals surface area contributed by atoms with Gasteiger partial charge in [0.25, 0.3) is 0 Å². The maximum atomic E-state index is 11.7. The number of amides is 2. The first-order valence-corrected chi connectivity index (χ1v) is 7.07. The molecule has 7 nitrogen and oxygen atoms in total. The van der Waals surface area contributed by atoms with Gasteiger partial charge < -0.3 is 20.5 Å². The van der Waals surface area contributed by atoms with Gasteiger partial charge in [0.15, 0.2) is 0 Å². The van der Waals surface area contributed by atoms with Crippen LogP contribution in [0.25, 0.3) is 0 Å². The second kappa shape index (κ2) is 9.68. The highest BCUT2D eigenvalue weighted by atomic mass is 16.5. The Kier molecular flexibility index (Phi) is 8.17. The molecule has 0 aromatic heterocycles. The number of nitrogens with one attached hydrogen (secondary N) is 2. The van der Waals surface area contributed by atoms with Gasteiger partial charge in [0, 0.05) is 33.1 Å². The maximum Gasteiger partial charge on any atom is 0.234 e. The van der Waals surface area contributed by atoms with Crippen molar-refractivity contribution >= 4 is 11.8 Å². The Morgan fingerprint density at radius 1 is 1.25 bits per heavy atom. The summed E-state index contributed by atoms with van der Waals surface area (Å²) in [5, 5.41) is 14.1. The minimum absolute atomic E-state index is 0.0231. The highest BCUT2D eigenvalue weighted by Crippen LogP contribution is 2.12. The molecule has 0 radical (unpaired) electrons. The number of piperidine rings is 1. The minimum atomic E-state index is -0.0933. The molecule has 0 aliphatic carbocycles. The van der Waals surface area contributed by atoms with E-state index >= 15 is 0 Å². The highest BCUT2D eigenvalue weighted by molar-refractivity contribution is 5.78. The van der Waals surface area contributed by atoms with Crippen molar-refractivity contribution in [3.8, 4) is 0 Å². The minimum Gasteiger partial charge on any atom is -0.394 e. The van der Waals surface area contributed by atoms with E-state index in [9.17, 15) is 9.59 Å². The molecular formula is C13H25N3O4. The van der Waals surface area contributed by atoms with Crippen molar-refractivity contribution in [1.29, 1.82) is 0 Å². The first-order chi connectivity index (χ1) is 9.61. The molecule has 1 fully saturated rings. The largest absolute Gasteiger partial charge is 0.394 e. The highest BCUT2D eigenvalue weighted by Gasteiger charge is 2.20. The Morgan fingerprint density at radius 2 is 1.90 bits per heavy atom. The quantitative estimate of drug-likeness (QED) is 0.483. The average Bonchev–Trinajstić information content (AvgIpc) is 2.43. The summed E-state index contributed by atoms with van der Waals surface area (Å²) < 4.78 is 5.47. The van der Waals surface area contributed by atoms with Crippen LogP contribution in [0.15, 0.2) is 0 Å². The molecule has 0 spiro atoms. The zero-order chi connectivity index (χ0) is 14.8. The SMILES string of the molecule is CC(=O)NCCNC(=O)CN1CCC(OCCO)CC1. The standard InChI is InChI=1S/C13H25N3O4/c1-11(18)14-4-5-15-13(19)10-16-6-2-12(3-7-16)20-9-8-17/h12,17H,2-10H2,1H3,(H,14,18)(H,15,19). The van der Waals surface area contributed by atoms with Gasteiger partial charge >= 0.3 is 0 Å². The fourth-order valence-corrected chi connectivity index (χ4v) is 2.15. The van der Waals surface area contributed by atoms with Gasteiger partial charge in [-0.25, -0.2) is 0 Å². The number of carbonyl (C=O) groups excluding carboxylic acids is 2. The van der Waals surface area contributed by atoms with Crippen LogP contribution in [0, 0.1) is 0 Å². The lowest BCUT2D eigenvalue weighted by Gasteiger charge is -2.31. The molecule has 1 saturated heterocycles.